The predicted molar refractivity (Wildman–Crippen MR) is 83.6 cm³/mol. The number of aromatic nitrogens is 2. The number of carbonyl (C=O) groups is 1. The average Bonchev–Trinajstić information content (AvgIpc) is 3.05. The summed E-state index contributed by atoms with van der Waals surface area (Å²) in [5, 5.41) is 10.4. The summed E-state index contributed by atoms with van der Waals surface area (Å²) in [6.45, 7) is 4.06. The maximum atomic E-state index is 12.2. The van der Waals surface area contributed by atoms with Gasteiger partial charge in [0.2, 0.25) is 12.3 Å². The molecule has 0 unspecified atom stereocenters. The summed E-state index contributed by atoms with van der Waals surface area (Å²) >= 11 is 0. The van der Waals surface area contributed by atoms with Crippen LogP contribution in [0, 0.1) is 13.8 Å². The number of benzene rings is 2. The van der Waals surface area contributed by atoms with Crippen molar-refractivity contribution in [1.29, 1.82) is 0 Å². The number of hydrogen-bond donors (Lipinski definition) is 1. The zero-order valence-electron chi connectivity index (χ0n) is 12.3. The first kappa shape index (κ1) is 14.0. The minimum Gasteiger partial charge on any atom is -0.423 e. The van der Waals surface area contributed by atoms with Crippen LogP contribution in [0.4, 0.5) is 5.69 Å². The third-order valence-electron chi connectivity index (χ3n) is 3.52. The van der Waals surface area contributed by atoms with Crippen LogP contribution in [0.15, 0.2) is 53.3 Å². The maximum absolute atomic E-state index is 12.2. The summed E-state index contributed by atoms with van der Waals surface area (Å²) in [5.74, 6) is 0.279. The molecule has 0 aliphatic rings. The number of anilines is 1. The van der Waals surface area contributed by atoms with Crippen LogP contribution in [-0.2, 0) is 0 Å². The minimum absolute atomic E-state index is 0.152. The first-order valence-corrected chi connectivity index (χ1v) is 6.89. The van der Waals surface area contributed by atoms with Crippen molar-refractivity contribution in [2.75, 3.05) is 5.32 Å². The van der Waals surface area contributed by atoms with Gasteiger partial charge in [0, 0.05) is 16.8 Å². The maximum Gasteiger partial charge on any atom is 0.255 e. The van der Waals surface area contributed by atoms with Crippen molar-refractivity contribution in [2.45, 2.75) is 13.8 Å². The molecule has 110 valence electrons. The third-order valence-corrected chi connectivity index (χ3v) is 3.52. The minimum atomic E-state index is -0.152. The van der Waals surface area contributed by atoms with Crippen molar-refractivity contribution in [3.63, 3.8) is 0 Å². The number of nitrogens with zero attached hydrogens (tertiary/aromatic N) is 2. The Bertz CT molecular complexity index is 793. The Morgan fingerprint density at radius 3 is 2.45 bits per heavy atom. The van der Waals surface area contributed by atoms with E-state index in [0.29, 0.717) is 11.5 Å². The number of carbonyl (C=O) groups excluding carboxylic acids is 1. The van der Waals surface area contributed by atoms with Gasteiger partial charge in [0.1, 0.15) is 0 Å². The highest BCUT2D eigenvalue weighted by Crippen LogP contribution is 2.18. The van der Waals surface area contributed by atoms with E-state index in [1.165, 1.54) is 12.0 Å². The molecule has 0 aliphatic carbocycles. The highest BCUT2D eigenvalue weighted by atomic mass is 16.4. The molecule has 5 nitrogen and oxygen atoms in total. The van der Waals surface area contributed by atoms with Crippen LogP contribution in [0.1, 0.15) is 21.5 Å². The van der Waals surface area contributed by atoms with E-state index in [0.717, 1.165) is 16.8 Å². The highest BCUT2D eigenvalue weighted by Gasteiger charge is 2.08. The SMILES string of the molecule is Cc1ccc(NC(=O)c2ccc(-c3nnco3)cc2)cc1C. The van der Waals surface area contributed by atoms with Gasteiger partial charge >= 0.3 is 0 Å². The van der Waals surface area contributed by atoms with Crippen LogP contribution in [0.5, 0.6) is 0 Å². The molecule has 1 N–H and O–H groups in total. The molecular weight excluding hydrogens is 278 g/mol. The Kier molecular flexibility index (Phi) is 3.70. The molecule has 3 rings (SSSR count). The number of aryl methyl sites for hydroxylation is 2. The lowest BCUT2D eigenvalue weighted by Gasteiger charge is -2.08. The van der Waals surface area contributed by atoms with E-state index in [9.17, 15) is 4.79 Å². The van der Waals surface area contributed by atoms with Crippen LogP contribution in [0.3, 0.4) is 0 Å². The Labute approximate surface area is 128 Å². The molecular formula is C17H15N3O2. The zero-order chi connectivity index (χ0) is 15.5. The predicted octanol–water partition coefficient (Wildman–Crippen LogP) is 3.61. The van der Waals surface area contributed by atoms with Crippen LogP contribution in [0.2, 0.25) is 0 Å². The summed E-state index contributed by atoms with van der Waals surface area (Å²) in [5.41, 5.74) is 4.47. The summed E-state index contributed by atoms with van der Waals surface area (Å²) in [4.78, 5) is 12.2. The van der Waals surface area contributed by atoms with Gasteiger partial charge in [0.25, 0.3) is 5.91 Å². The zero-order valence-corrected chi connectivity index (χ0v) is 12.3. The standard InChI is InChI=1S/C17H15N3O2/c1-11-3-8-15(9-12(11)2)19-16(21)13-4-6-14(7-5-13)17-20-18-10-22-17/h3-10H,1-2H3,(H,19,21). The van der Waals surface area contributed by atoms with Gasteiger partial charge in [-0.15, -0.1) is 10.2 Å². The van der Waals surface area contributed by atoms with E-state index in [-0.39, 0.29) is 5.91 Å². The molecule has 0 fully saturated rings. The lowest BCUT2D eigenvalue weighted by molar-refractivity contribution is 0.102. The van der Waals surface area contributed by atoms with Gasteiger partial charge < -0.3 is 9.73 Å². The van der Waals surface area contributed by atoms with E-state index in [4.69, 9.17) is 4.42 Å². The van der Waals surface area contributed by atoms with Crippen molar-refractivity contribution in [3.05, 3.63) is 65.5 Å². The molecule has 0 spiro atoms. The second kappa shape index (κ2) is 5.81. The fraction of sp³-hybridized carbons (Fsp3) is 0.118. The second-order valence-electron chi connectivity index (χ2n) is 5.07. The van der Waals surface area contributed by atoms with Crippen molar-refractivity contribution >= 4 is 11.6 Å². The Morgan fingerprint density at radius 2 is 1.82 bits per heavy atom. The molecule has 0 aliphatic heterocycles. The van der Waals surface area contributed by atoms with Gasteiger partial charge in [-0.05, 0) is 61.4 Å². The normalized spacial score (nSPS) is 10.5. The molecule has 1 amide bonds. The van der Waals surface area contributed by atoms with Crippen LogP contribution >= 0.6 is 0 Å². The molecule has 0 radical (unpaired) electrons. The molecule has 0 bridgehead atoms. The van der Waals surface area contributed by atoms with E-state index < -0.39 is 0 Å². The molecule has 5 heteroatoms. The Morgan fingerprint density at radius 1 is 1.05 bits per heavy atom. The van der Waals surface area contributed by atoms with Crippen LogP contribution in [0.25, 0.3) is 11.5 Å². The van der Waals surface area contributed by atoms with E-state index in [1.807, 2.05) is 32.0 Å². The average molecular weight is 293 g/mol. The van der Waals surface area contributed by atoms with E-state index in [1.54, 1.807) is 24.3 Å². The van der Waals surface area contributed by atoms with Gasteiger partial charge in [-0.2, -0.15) is 0 Å². The van der Waals surface area contributed by atoms with E-state index in [2.05, 4.69) is 15.5 Å². The van der Waals surface area contributed by atoms with Gasteiger partial charge in [0.05, 0.1) is 0 Å². The smallest absolute Gasteiger partial charge is 0.255 e. The van der Waals surface area contributed by atoms with Gasteiger partial charge in [-0.25, -0.2) is 0 Å². The van der Waals surface area contributed by atoms with Crippen LogP contribution < -0.4 is 5.32 Å². The van der Waals surface area contributed by atoms with Crippen molar-refractivity contribution in [1.82, 2.24) is 10.2 Å². The van der Waals surface area contributed by atoms with Crippen LogP contribution in [-0.4, -0.2) is 16.1 Å². The summed E-state index contributed by atoms with van der Waals surface area (Å²) in [6, 6.07) is 12.9. The number of hydrogen-bond acceptors (Lipinski definition) is 4. The first-order chi connectivity index (χ1) is 10.6. The third kappa shape index (κ3) is 2.88. The van der Waals surface area contributed by atoms with E-state index >= 15 is 0 Å². The molecule has 0 saturated carbocycles. The highest BCUT2D eigenvalue weighted by molar-refractivity contribution is 6.04. The topological polar surface area (TPSA) is 68.0 Å². The quantitative estimate of drug-likeness (QED) is 0.801. The molecule has 2 aromatic carbocycles. The Balaban J connectivity index is 1.76. The molecule has 0 saturated heterocycles. The monoisotopic (exact) mass is 293 g/mol. The van der Waals surface area contributed by atoms with Gasteiger partial charge in [0.15, 0.2) is 0 Å². The molecule has 22 heavy (non-hydrogen) atoms. The Hall–Kier alpha value is -2.95. The van der Waals surface area contributed by atoms with Gasteiger partial charge in [-0.1, -0.05) is 6.07 Å². The van der Waals surface area contributed by atoms with Gasteiger partial charge in [-0.3, -0.25) is 4.79 Å². The fourth-order valence-electron chi connectivity index (χ4n) is 2.09. The van der Waals surface area contributed by atoms with Crippen molar-refractivity contribution in [2.24, 2.45) is 0 Å². The van der Waals surface area contributed by atoms with Crippen molar-refractivity contribution < 1.29 is 9.21 Å². The number of amides is 1. The largest absolute Gasteiger partial charge is 0.423 e. The first-order valence-electron chi connectivity index (χ1n) is 6.89. The number of rotatable bonds is 3. The molecule has 1 heterocycles. The second-order valence-corrected chi connectivity index (χ2v) is 5.07. The van der Waals surface area contributed by atoms with Crippen molar-refractivity contribution in [3.8, 4) is 11.5 Å². The summed E-state index contributed by atoms with van der Waals surface area (Å²) in [7, 11) is 0. The summed E-state index contributed by atoms with van der Waals surface area (Å²) in [6.07, 6.45) is 1.27. The fourth-order valence-corrected chi connectivity index (χ4v) is 2.09. The summed E-state index contributed by atoms with van der Waals surface area (Å²) < 4.78 is 5.12. The molecule has 0 atom stereocenters. The lowest BCUT2D eigenvalue weighted by Crippen LogP contribution is -2.11. The lowest BCUT2D eigenvalue weighted by atomic mass is 10.1. The molecule has 1 aromatic heterocycles. The molecule has 3 aromatic rings. The number of nitrogens with one attached hydrogen (secondary N) is 1.